The third kappa shape index (κ3) is 1.02. The topological polar surface area (TPSA) is 46.0 Å². The normalized spacial score (nSPS) is 11.8. The third-order valence-electron chi connectivity index (χ3n) is 3.15. The van der Waals surface area contributed by atoms with E-state index in [-0.39, 0.29) is 0 Å². The predicted molar refractivity (Wildman–Crippen MR) is 67.1 cm³/mol. The predicted octanol–water partition coefficient (Wildman–Crippen LogP) is 2.67. The number of aromatic amines is 1. The molecular weight excluding hydrogens is 212 g/mol. The number of para-hydroxylation sites is 1. The summed E-state index contributed by atoms with van der Waals surface area (Å²) in [5.41, 5.74) is 4.25. The fourth-order valence-corrected chi connectivity index (χ4v) is 2.34. The number of hydrogen-bond acceptors (Lipinski definition) is 2. The number of H-pyrrole nitrogens is 1. The molecule has 3 aromatic heterocycles. The molecule has 0 unspecified atom stereocenters. The Morgan fingerprint density at radius 3 is 3.00 bits per heavy atom. The Kier molecular flexibility index (Phi) is 1.47. The fourth-order valence-electron chi connectivity index (χ4n) is 2.34. The van der Waals surface area contributed by atoms with Crippen molar-refractivity contribution in [3.05, 3.63) is 42.2 Å². The van der Waals surface area contributed by atoms with Gasteiger partial charge in [-0.1, -0.05) is 18.2 Å². The maximum Gasteiger partial charge on any atom is 0.236 e. The van der Waals surface area contributed by atoms with Crippen LogP contribution < -0.4 is 0 Å². The first-order valence-corrected chi connectivity index (χ1v) is 5.55. The van der Waals surface area contributed by atoms with Crippen molar-refractivity contribution < 1.29 is 0 Å². The van der Waals surface area contributed by atoms with Crippen LogP contribution in [-0.4, -0.2) is 19.4 Å². The van der Waals surface area contributed by atoms with Gasteiger partial charge < -0.3 is 4.98 Å². The standard InChI is InChI=1S/C13H10N4/c1-8-6-7-14-13-16-11-9-4-2-3-5-10(9)15-12(11)17(8)13/h2-7,15H,1H3. The fraction of sp³-hybridized carbons (Fsp3) is 0.0769. The second kappa shape index (κ2) is 2.85. The third-order valence-corrected chi connectivity index (χ3v) is 3.15. The van der Waals surface area contributed by atoms with Crippen LogP contribution in [-0.2, 0) is 0 Å². The highest BCUT2D eigenvalue weighted by atomic mass is 15.1. The second-order valence-corrected chi connectivity index (χ2v) is 4.20. The number of nitrogens with zero attached hydrogens (tertiary/aromatic N) is 3. The van der Waals surface area contributed by atoms with Crippen molar-refractivity contribution in [3.8, 4) is 0 Å². The first-order valence-electron chi connectivity index (χ1n) is 5.55. The number of nitrogens with one attached hydrogen (secondary N) is 1. The summed E-state index contributed by atoms with van der Waals surface area (Å²) in [4.78, 5) is 12.3. The molecule has 0 saturated heterocycles. The molecule has 0 saturated carbocycles. The molecule has 1 aromatic carbocycles. The van der Waals surface area contributed by atoms with Crippen LogP contribution in [0.2, 0.25) is 0 Å². The Morgan fingerprint density at radius 1 is 1.18 bits per heavy atom. The Hall–Kier alpha value is -2.36. The number of aryl methyl sites for hydroxylation is 1. The van der Waals surface area contributed by atoms with Crippen molar-refractivity contribution in [2.45, 2.75) is 6.92 Å². The molecule has 4 rings (SSSR count). The van der Waals surface area contributed by atoms with Crippen LogP contribution in [0.5, 0.6) is 0 Å². The molecule has 0 aliphatic carbocycles. The second-order valence-electron chi connectivity index (χ2n) is 4.20. The van der Waals surface area contributed by atoms with Crippen molar-refractivity contribution >= 4 is 27.8 Å². The number of benzene rings is 1. The number of fused-ring (bicyclic) bond motifs is 5. The van der Waals surface area contributed by atoms with Crippen LogP contribution in [0, 0.1) is 6.92 Å². The van der Waals surface area contributed by atoms with Gasteiger partial charge in [-0.15, -0.1) is 0 Å². The lowest BCUT2D eigenvalue weighted by atomic mass is 10.2. The maximum atomic E-state index is 4.58. The monoisotopic (exact) mass is 222 g/mol. The molecular formula is C13H10N4. The van der Waals surface area contributed by atoms with Crippen molar-refractivity contribution in [1.29, 1.82) is 0 Å². The van der Waals surface area contributed by atoms with Crippen LogP contribution in [0.4, 0.5) is 0 Å². The summed E-state index contributed by atoms with van der Waals surface area (Å²) in [6.07, 6.45) is 1.79. The van der Waals surface area contributed by atoms with E-state index in [2.05, 4.69) is 38.4 Å². The lowest BCUT2D eigenvalue weighted by Crippen LogP contribution is -1.93. The van der Waals surface area contributed by atoms with Gasteiger partial charge in [0.05, 0.1) is 0 Å². The lowest BCUT2D eigenvalue weighted by Gasteiger charge is -1.97. The van der Waals surface area contributed by atoms with E-state index in [1.54, 1.807) is 6.20 Å². The molecule has 4 aromatic rings. The Balaban J connectivity index is 2.35. The van der Waals surface area contributed by atoms with Gasteiger partial charge in [0.1, 0.15) is 11.2 Å². The van der Waals surface area contributed by atoms with Crippen molar-refractivity contribution in [2.24, 2.45) is 0 Å². The first-order chi connectivity index (χ1) is 8.34. The SMILES string of the molecule is Cc1ccnc2nc3c4ccccc4[nH]c3n12. The lowest BCUT2D eigenvalue weighted by molar-refractivity contribution is 1.05. The van der Waals surface area contributed by atoms with Gasteiger partial charge in [-0.25, -0.2) is 9.97 Å². The van der Waals surface area contributed by atoms with Gasteiger partial charge in [0.15, 0.2) is 0 Å². The Bertz CT molecular complexity index is 854. The highest BCUT2D eigenvalue weighted by Gasteiger charge is 2.12. The van der Waals surface area contributed by atoms with Gasteiger partial charge in [-0.2, -0.15) is 0 Å². The molecule has 82 valence electrons. The molecule has 0 aliphatic heterocycles. The van der Waals surface area contributed by atoms with E-state index in [1.165, 1.54) is 0 Å². The van der Waals surface area contributed by atoms with E-state index in [0.29, 0.717) is 0 Å². The quantitative estimate of drug-likeness (QED) is 0.497. The zero-order valence-electron chi connectivity index (χ0n) is 9.31. The average Bonchev–Trinajstić information content (AvgIpc) is 2.85. The van der Waals surface area contributed by atoms with Crippen LogP contribution in [0.1, 0.15) is 5.69 Å². The minimum absolute atomic E-state index is 0.747. The minimum Gasteiger partial charge on any atom is -0.339 e. The van der Waals surface area contributed by atoms with Crippen LogP contribution >= 0.6 is 0 Å². The zero-order valence-corrected chi connectivity index (χ0v) is 9.31. The number of aromatic nitrogens is 4. The van der Waals surface area contributed by atoms with Crippen LogP contribution in [0.15, 0.2) is 36.5 Å². The molecule has 3 heterocycles. The van der Waals surface area contributed by atoms with E-state index in [0.717, 1.165) is 33.5 Å². The van der Waals surface area contributed by atoms with Crippen molar-refractivity contribution in [1.82, 2.24) is 19.4 Å². The van der Waals surface area contributed by atoms with Crippen LogP contribution in [0.3, 0.4) is 0 Å². The summed E-state index contributed by atoms with van der Waals surface area (Å²) in [6.45, 7) is 2.06. The summed E-state index contributed by atoms with van der Waals surface area (Å²) >= 11 is 0. The van der Waals surface area contributed by atoms with E-state index < -0.39 is 0 Å². The van der Waals surface area contributed by atoms with Crippen molar-refractivity contribution in [3.63, 3.8) is 0 Å². The van der Waals surface area contributed by atoms with Crippen molar-refractivity contribution in [2.75, 3.05) is 0 Å². The van der Waals surface area contributed by atoms with E-state index in [4.69, 9.17) is 0 Å². The molecule has 17 heavy (non-hydrogen) atoms. The largest absolute Gasteiger partial charge is 0.339 e. The highest BCUT2D eigenvalue weighted by Crippen LogP contribution is 2.25. The summed E-state index contributed by atoms with van der Waals surface area (Å²) in [5, 5.41) is 1.15. The molecule has 0 fully saturated rings. The molecule has 0 bridgehead atoms. The summed E-state index contributed by atoms with van der Waals surface area (Å²) in [6, 6.07) is 10.2. The smallest absolute Gasteiger partial charge is 0.236 e. The number of imidazole rings is 1. The van der Waals surface area contributed by atoms with E-state index in [1.807, 2.05) is 18.2 Å². The molecule has 0 aliphatic rings. The summed E-state index contributed by atoms with van der Waals surface area (Å²) in [7, 11) is 0. The highest BCUT2D eigenvalue weighted by molar-refractivity contribution is 6.04. The molecule has 0 radical (unpaired) electrons. The van der Waals surface area contributed by atoms with Gasteiger partial charge in [0.2, 0.25) is 5.78 Å². The number of hydrogen-bond donors (Lipinski definition) is 1. The maximum absolute atomic E-state index is 4.58. The van der Waals surface area contributed by atoms with Crippen LogP contribution in [0.25, 0.3) is 27.8 Å². The summed E-state index contributed by atoms with van der Waals surface area (Å²) < 4.78 is 2.05. The number of rotatable bonds is 0. The van der Waals surface area contributed by atoms with Gasteiger partial charge >= 0.3 is 0 Å². The molecule has 0 atom stereocenters. The zero-order chi connectivity index (χ0) is 11.4. The molecule has 0 spiro atoms. The molecule has 1 N–H and O–H groups in total. The van der Waals surface area contributed by atoms with Gasteiger partial charge in [0, 0.05) is 22.8 Å². The van der Waals surface area contributed by atoms with Gasteiger partial charge in [-0.3, -0.25) is 4.40 Å². The molecule has 4 nitrogen and oxygen atoms in total. The average molecular weight is 222 g/mol. The van der Waals surface area contributed by atoms with Gasteiger partial charge in [0.25, 0.3) is 0 Å². The molecule has 0 amide bonds. The minimum atomic E-state index is 0.747. The van der Waals surface area contributed by atoms with E-state index >= 15 is 0 Å². The molecule has 4 heteroatoms. The van der Waals surface area contributed by atoms with E-state index in [9.17, 15) is 0 Å². The Labute approximate surface area is 96.9 Å². The first kappa shape index (κ1) is 8.75. The van der Waals surface area contributed by atoms with Gasteiger partial charge in [-0.05, 0) is 19.1 Å². The Morgan fingerprint density at radius 2 is 2.06 bits per heavy atom. The summed E-state index contributed by atoms with van der Waals surface area (Å²) in [5.74, 6) is 0.747.